The van der Waals surface area contributed by atoms with Gasteiger partial charge in [0.2, 0.25) is 0 Å². The van der Waals surface area contributed by atoms with Gasteiger partial charge in [0.05, 0.1) is 4.34 Å². The number of nitrogens with one attached hydrogen (secondary N) is 2. The van der Waals surface area contributed by atoms with Crippen molar-refractivity contribution in [2.24, 2.45) is 0 Å². The molecule has 24 heavy (non-hydrogen) atoms. The van der Waals surface area contributed by atoms with Gasteiger partial charge in [0.15, 0.2) is 0 Å². The molecule has 1 aromatic heterocycles. The summed E-state index contributed by atoms with van der Waals surface area (Å²) in [6.45, 7) is 6.32. The molecule has 0 unspecified atom stereocenters. The molecule has 0 aliphatic carbocycles. The van der Waals surface area contributed by atoms with E-state index in [0.29, 0.717) is 9.90 Å². The zero-order chi connectivity index (χ0) is 17.7. The fourth-order valence-electron chi connectivity index (χ4n) is 1.93. The number of rotatable bonds is 3. The predicted molar refractivity (Wildman–Crippen MR) is 99.1 cm³/mol. The normalized spacial score (nSPS) is 11.5. The van der Waals surface area contributed by atoms with Gasteiger partial charge in [0.1, 0.15) is 0 Å². The zero-order valence-corrected chi connectivity index (χ0v) is 15.3. The summed E-state index contributed by atoms with van der Waals surface area (Å²) in [7, 11) is 0. The van der Waals surface area contributed by atoms with Crippen LogP contribution in [0.25, 0.3) is 6.08 Å². The summed E-state index contributed by atoms with van der Waals surface area (Å²) < 4.78 is 0.655. The minimum absolute atomic E-state index is 0.0265. The number of hydrazine groups is 1. The Balaban J connectivity index is 1.88. The van der Waals surface area contributed by atoms with Crippen LogP contribution in [0.1, 0.15) is 41.6 Å². The Morgan fingerprint density at radius 3 is 2.25 bits per heavy atom. The van der Waals surface area contributed by atoms with Crippen LogP contribution in [0.5, 0.6) is 0 Å². The average molecular weight is 363 g/mol. The van der Waals surface area contributed by atoms with Crippen LogP contribution in [0.2, 0.25) is 4.34 Å². The maximum atomic E-state index is 12.0. The molecule has 2 rings (SSSR count). The molecule has 126 valence electrons. The highest BCUT2D eigenvalue weighted by Gasteiger charge is 2.14. The predicted octanol–water partition coefficient (Wildman–Crippen LogP) is 4.17. The molecule has 2 amide bonds. The maximum absolute atomic E-state index is 12.0. The lowest BCUT2D eigenvalue weighted by Crippen LogP contribution is -2.40. The molecule has 0 saturated heterocycles. The number of hydrogen-bond acceptors (Lipinski definition) is 3. The monoisotopic (exact) mass is 362 g/mol. The van der Waals surface area contributed by atoms with Gasteiger partial charge >= 0.3 is 0 Å². The van der Waals surface area contributed by atoms with Crippen molar-refractivity contribution in [3.8, 4) is 0 Å². The average Bonchev–Trinajstić information content (AvgIpc) is 2.95. The van der Waals surface area contributed by atoms with Crippen molar-refractivity contribution in [2.45, 2.75) is 26.2 Å². The van der Waals surface area contributed by atoms with E-state index in [1.165, 1.54) is 17.4 Å². The van der Waals surface area contributed by atoms with Crippen molar-refractivity contribution >= 4 is 40.8 Å². The second-order valence-electron chi connectivity index (χ2n) is 6.25. The highest BCUT2D eigenvalue weighted by molar-refractivity contribution is 7.17. The van der Waals surface area contributed by atoms with E-state index in [4.69, 9.17) is 11.6 Å². The molecule has 0 spiro atoms. The first-order valence-electron chi connectivity index (χ1n) is 7.40. The number of benzene rings is 1. The molecule has 6 heteroatoms. The molecule has 0 fully saturated rings. The highest BCUT2D eigenvalue weighted by atomic mass is 35.5. The SMILES string of the molecule is CC(C)(C)c1ccc(C(=O)NNC(=O)/C=C/c2ccc(Cl)s2)cc1. The largest absolute Gasteiger partial charge is 0.269 e. The van der Waals surface area contributed by atoms with Crippen LogP contribution in [-0.2, 0) is 10.2 Å². The summed E-state index contributed by atoms with van der Waals surface area (Å²) in [5.74, 6) is -0.782. The van der Waals surface area contributed by atoms with Gasteiger partial charge in [-0.15, -0.1) is 11.3 Å². The Morgan fingerprint density at radius 2 is 1.71 bits per heavy atom. The molecule has 2 aromatic rings. The smallest absolute Gasteiger partial charge is 0.268 e. The lowest BCUT2D eigenvalue weighted by molar-refractivity contribution is -0.117. The van der Waals surface area contributed by atoms with Gasteiger partial charge < -0.3 is 0 Å². The Bertz CT molecular complexity index is 758. The van der Waals surface area contributed by atoms with Crippen molar-refractivity contribution in [1.29, 1.82) is 0 Å². The van der Waals surface area contributed by atoms with Crippen molar-refractivity contribution < 1.29 is 9.59 Å². The molecule has 0 aliphatic rings. The first-order chi connectivity index (χ1) is 11.3. The number of thiophene rings is 1. The van der Waals surface area contributed by atoms with E-state index in [-0.39, 0.29) is 11.3 Å². The molecule has 1 aromatic carbocycles. The second kappa shape index (κ2) is 7.64. The van der Waals surface area contributed by atoms with Gasteiger partial charge in [0, 0.05) is 16.5 Å². The van der Waals surface area contributed by atoms with Crippen molar-refractivity contribution in [2.75, 3.05) is 0 Å². The first kappa shape index (κ1) is 18.2. The Morgan fingerprint density at radius 1 is 1.04 bits per heavy atom. The minimum atomic E-state index is -0.417. The van der Waals surface area contributed by atoms with Crippen LogP contribution in [0.3, 0.4) is 0 Å². The maximum Gasteiger partial charge on any atom is 0.269 e. The summed E-state index contributed by atoms with van der Waals surface area (Å²) in [6, 6.07) is 10.9. The standard InChI is InChI=1S/C18H19ClN2O2S/c1-18(2,3)13-6-4-12(5-7-13)17(23)21-20-16(22)11-9-14-8-10-15(19)24-14/h4-11H,1-3H3,(H,20,22)(H,21,23)/b11-9+. The zero-order valence-electron chi connectivity index (χ0n) is 13.7. The number of carbonyl (C=O) groups excluding carboxylic acids is 2. The minimum Gasteiger partial charge on any atom is -0.268 e. The van der Waals surface area contributed by atoms with Crippen LogP contribution in [0.4, 0.5) is 0 Å². The van der Waals surface area contributed by atoms with Crippen LogP contribution >= 0.6 is 22.9 Å². The summed E-state index contributed by atoms with van der Waals surface area (Å²) in [5.41, 5.74) is 6.38. The van der Waals surface area contributed by atoms with Crippen molar-refractivity contribution in [1.82, 2.24) is 10.9 Å². The van der Waals surface area contributed by atoms with Crippen LogP contribution in [-0.4, -0.2) is 11.8 Å². The number of halogens is 1. The number of carbonyl (C=O) groups is 2. The molecule has 2 N–H and O–H groups in total. The van der Waals surface area contributed by atoms with E-state index >= 15 is 0 Å². The quantitative estimate of drug-likeness (QED) is 0.635. The van der Waals surface area contributed by atoms with Crippen LogP contribution in [0, 0.1) is 0 Å². The Hall–Kier alpha value is -2.11. The van der Waals surface area contributed by atoms with Crippen molar-refractivity contribution in [3.05, 3.63) is 62.8 Å². The van der Waals surface area contributed by atoms with E-state index in [0.717, 1.165) is 10.4 Å². The number of hydrogen-bond donors (Lipinski definition) is 2. The van der Waals surface area contributed by atoms with E-state index in [2.05, 4.69) is 31.6 Å². The molecule has 0 atom stereocenters. The molecule has 0 bridgehead atoms. The van der Waals surface area contributed by atoms with E-state index in [9.17, 15) is 9.59 Å². The fourth-order valence-corrected chi connectivity index (χ4v) is 2.89. The Labute approximate surface area is 150 Å². The van der Waals surface area contributed by atoms with Crippen LogP contribution < -0.4 is 10.9 Å². The Kier molecular flexibility index (Phi) is 5.80. The fraction of sp³-hybridized carbons (Fsp3) is 0.222. The van der Waals surface area contributed by atoms with E-state index < -0.39 is 5.91 Å². The van der Waals surface area contributed by atoms with Gasteiger partial charge in [-0.25, -0.2) is 0 Å². The third kappa shape index (κ3) is 5.22. The van der Waals surface area contributed by atoms with Gasteiger partial charge in [-0.2, -0.15) is 0 Å². The molecule has 0 aliphatic heterocycles. The van der Waals surface area contributed by atoms with Gasteiger partial charge in [-0.3, -0.25) is 20.4 Å². The summed E-state index contributed by atoms with van der Waals surface area (Å²) in [4.78, 5) is 24.6. The van der Waals surface area contributed by atoms with E-state index in [1.807, 2.05) is 18.2 Å². The van der Waals surface area contributed by atoms with Gasteiger partial charge in [-0.1, -0.05) is 44.5 Å². The lowest BCUT2D eigenvalue weighted by Gasteiger charge is -2.19. The third-order valence-corrected chi connectivity index (χ3v) is 4.50. The van der Waals surface area contributed by atoms with Gasteiger partial charge in [0.25, 0.3) is 11.8 Å². The molecular weight excluding hydrogens is 344 g/mol. The van der Waals surface area contributed by atoms with Gasteiger partial charge in [-0.05, 0) is 41.3 Å². The number of amides is 2. The topological polar surface area (TPSA) is 58.2 Å². The summed E-state index contributed by atoms with van der Waals surface area (Å²) >= 11 is 7.18. The second-order valence-corrected chi connectivity index (χ2v) is 7.99. The van der Waals surface area contributed by atoms with Crippen molar-refractivity contribution in [3.63, 3.8) is 0 Å². The molecule has 0 radical (unpaired) electrons. The van der Waals surface area contributed by atoms with E-state index in [1.54, 1.807) is 24.3 Å². The molecule has 4 nitrogen and oxygen atoms in total. The molecule has 0 saturated carbocycles. The van der Waals surface area contributed by atoms with Crippen LogP contribution in [0.15, 0.2) is 42.5 Å². The summed E-state index contributed by atoms with van der Waals surface area (Å²) in [6.07, 6.45) is 2.97. The third-order valence-electron chi connectivity index (χ3n) is 3.31. The summed E-state index contributed by atoms with van der Waals surface area (Å²) in [5, 5.41) is 0. The first-order valence-corrected chi connectivity index (χ1v) is 8.59. The lowest BCUT2D eigenvalue weighted by atomic mass is 9.87. The molecular formula is C18H19ClN2O2S. The highest BCUT2D eigenvalue weighted by Crippen LogP contribution is 2.23. The molecule has 1 heterocycles.